The molecule has 0 fully saturated rings. The second-order valence-electron chi connectivity index (χ2n) is 8.23. The topological polar surface area (TPSA) is 25.2 Å². The summed E-state index contributed by atoms with van der Waals surface area (Å²) in [6.07, 6.45) is 0. The van der Waals surface area contributed by atoms with Crippen LogP contribution in [0.1, 0.15) is 0 Å². The smallest absolute Gasteiger partial charge is 0.263 e. The summed E-state index contributed by atoms with van der Waals surface area (Å²) < 4.78 is 1.83. The number of rotatable bonds is 4. The van der Waals surface area contributed by atoms with Crippen LogP contribution >= 0.6 is 0 Å². The number of anilines is 3. The van der Waals surface area contributed by atoms with E-state index >= 15 is 0 Å². The molecule has 3 nitrogen and oxygen atoms in total. The molecule has 0 atom stereocenters. The summed E-state index contributed by atoms with van der Waals surface area (Å²) in [4.78, 5) is 15.9. The maximum absolute atomic E-state index is 13.7. The fourth-order valence-corrected chi connectivity index (χ4v) is 4.66. The number of pyridine rings is 1. The van der Waals surface area contributed by atoms with Crippen molar-refractivity contribution in [1.82, 2.24) is 4.57 Å². The van der Waals surface area contributed by atoms with Crippen LogP contribution < -0.4 is 10.5 Å². The highest BCUT2D eigenvalue weighted by Crippen LogP contribution is 2.35. The summed E-state index contributed by atoms with van der Waals surface area (Å²) in [7, 11) is 0. The van der Waals surface area contributed by atoms with E-state index in [4.69, 9.17) is 0 Å². The third-order valence-electron chi connectivity index (χ3n) is 6.17. The van der Waals surface area contributed by atoms with Crippen LogP contribution in [0.5, 0.6) is 0 Å². The predicted molar refractivity (Wildman–Crippen MR) is 142 cm³/mol. The molecule has 0 radical (unpaired) electrons. The van der Waals surface area contributed by atoms with E-state index in [-0.39, 0.29) is 5.56 Å². The standard InChI is InChI=1S/C31H22N2O/c34-31-29-20-8-7-18-27(29)28-19-9-10-21-30(28)33(31)26-17-11-16-25(22-26)32(23-12-3-1-4-13-23)24-14-5-2-6-15-24/h1-22H. The van der Waals surface area contributed by atoms with Crippen LogP contribution in [-0.4, -0.2) is 4.57 Å². The van der Waals surface area contributed by atoms with Gasteiger partial charge < -0.3 is 4.90 Å². The molecular weight excluding hydrogens is 416 g/mol. The quantitative estimate of drug-likeness (QED) is 0.265. The van der Waals surface area contributed by atoms with E-state index in [1.165, 1.54) is 0 Å². The SMILES string of the molecule is O=c1c2ccccc2c2ccccc2n1-c1cccc(N(c2ccccc2)c2ccccc2)c1. The Morgan fingerprint density at radius 1 is 0.471 bits per heavy atom. The van der Waals surface area contributed by atoms with Crippen LogP contribution in [0.3, 0.4) is 0 Å². The summed E-state index contributed by atoms with van der Waals surface area (Å²) in [6.45, 7) is 0. The highest BCUT2D eigenvalue weighted by molar-refractivity contribution is 6.06. The second-order valence-corrected chi connectivity index (χ2v) is 8.23. The third-order valence-corrected chi connectivity index (χ3v) is 6.17. The first kappa shape index (κ1) is 20.0. The molecule has 162 valence electrons. The molecule has 5 aromatic carbocycles. The van der Waals surface area contributed by atoms with Gasteiger partial charge in [0.2, 0.25) is 0 Å². The summed E-state index contributed by atoms with van der Waals surface area (Å²) in [6, 6.07) is 44.7. The van der Waals surface area contributed by atoms with Gasteiger partial charge in [0.05, 0.1) is 11.2 Å². The molecule has 6 aromatic rings. The average Bonchev–Trinajstić information content (AvgIpc) is 2.91. The van der Waals surface area contributed by atoms with Gasteiger partial charge in [-0.25, -0.2) is 0 Å². The van der Waals surface area contributed by atoms with Crippen LogP contribution in [0.25, 0.3) is 27.4 Å². The van der Waals surface area contributed by atoms with Crippen LogP contribution in [0.15, 0.2) is 138 Å². The Labute approximate surface area is 197 Å². The van der Waals surface area contributed by atoms with E-state index in [9.17, 15) is 4.79 Å². The largest absolute Gasteiger partial charge is 0.310 e. The first-order valence-corrected chi connectivity index (χ1v) is 11.3. The van der Waals surface area contributed by atoms with Gasteiger partial charge in [0, 0.05) is 27.8 Å². The highest BCUT2D eigenvalue weighted by atomic mass is 16.1. The molecule has 0 saturated heterocycles. The fraction of sp³-hybridized carbons (Fsp3) is 0. The van der Waals surface area contributed by atoms with E-state index in [1.54, 1.807) is 0 Å². The summed E-state index contributed by atoms with van der Waals surface area (Å²) in [5, 5.41) is 2.76. The Kier molecular flexibility index (Phi) is 4.93. The minimum Gasteiger partial charge on any atom is -0.310 e. The van der Waals surface area contributed by atoms with Crippen molar-refractivity contribution in [3.63, 3.8) is 0 Å². The molecule has 0 aliphatic heterocycles. The van der Waals surface area contributed by atoms with Crippen LogP contribution in [0, 0.1) is 0 Å². The predicted octanol–water partition coefficient (Wildman–Crippen LogP) is 7.61. The molecule has 0 saturated carbocycles. The number of nitrogens with zero attached hydrogens (tertiary/aromatic N) is 2. The Hall–Kier alpha value is -4.63. The molecule has 0 unspecified atom stereocenters. The summed E-state index contributed by atoms with van der Waals surface area (Å²) in [5.41, 5.74) is 4.82. The molecule has 34 heavy (non-hydrogen) atoms. The molecule has 0 aliphatic rings. The number of fused-ring (bicyclic) bond motifs is 3. The minimum absolute atomic E-state index is 0.0163. The van der Waals surface area contributed by atoms with Gasteiger partial charge >= 0.3 is 0 Å². The molecule has 1 aromatic heterocycles. The van der Waals surface area contributed by atoms with E-state index in [1.807, 2.05) is 95.6 Å². The molecule has 0 spiro atoms. The van der Waals surface area contributed by atoms with Gasteiger partial charge in [-0.05, 0) is 60.0 Å². The first-order chi connectivity index (χ1) is 16.8. The number of benzene rings is 5. The van der Waals surface area contributed by atoms with Gasteiger partial charge in [0.1, 0.15) is 0 Å². The van der Waals surface area contributed by atoms with Gasteiger partial charge in [-0.2, -0.15) is 0 Å². The lowest BCUT2D eigenvalue weighted by molar-refractivity contribution is 1.06. The molecule has 0 aliphatic carbocycles. The second kappa shape index (κ2) is 8.38. The van der Waals surface area contributed by atoms with E-state index in [2.05, 4.69) is 47.4 Å². The zero-order valence-electron chi connectivity index (χ0n) is 18.5. The van der Waals surface area contributed by atoms with Gasteiger partial charge in [-0.3, -0.25) is 9.36 Å². The molecule has 0 bridgehead atoms. The Morgan fingerprint density at radius 3 is 1.68 bits per heavy atom. The third kappa shape index (κ3) is 3.35. The van der Waals surface area contributed by atoms with Crippen molar-refractivity contribution >= 4 is 38.7 Å². The Morgan fingerprint density at radius 2 is 1.00 bits per heavy atom. The van der Waals surface area contributed by atoms with Crippen LogP contribution in [-0.2, 0) is 0 Å². The zero-order chi connectivity index (χ0) is 22.9. The van der Waals surface area contributed by atoms with Crippen LogP contribution in [0.2, 0.25) is 0 Å². The Balaban J connectivity index is 1.61. The maximum atomic E-state index is 13.7. The number of para-hydroxylation sites is 3. The summed E-state index contributed by atoms with van der Waals surface area (Å²) in [5.74, 6) is 0. The first-order valence-electron chi connectivity index (χ1n) is 11.3. The van der Waals surface area contributed by atoms with Crippen molar-refractivity contribution in [3.05, 3.63) is 144 Å². The number of hydrogen-bond acceptors (Lipinski definition) is 2. The van der Waals surface area contributed by atoms with Crippen molar-refractivity contribution in [1.29, 1.82) is 0 Å². The van der Waals surface area contributed by atoms with Gasteiger partial charge in [-0.1, -0.05) is 78.9 Å². The minimum atomic E-state index is -0.0163. The van der Waals surface area contributed by atoms with E-state index < -0.39 is 0 Å². The zero-order valence-corrected chi connectivity index (χ0v) is 18.5. The highest BCUT2D eigenvalue weighted by Gasteiger charge is 2.15. The lowest BCUT2D eigenvalue weighted by atomic mass is 10.1. The van der Waals surface area contributed by atoms with E-state index in [0.29, 0.717) is 0 Å². The van der Waals surface area contributed by atoms with Crippen molar-refractivity contribution in [2.24, 2.45) is 0 Å². The number of hydrogen-bond donors (Lipinski definition) is 0. The molecule has 3 heteroatoms. The van der Waals surface area contributed by atoms with Crippen molar-refractivity contribution in [2.75, 3.05) is 4.90 Å². The fourth-order valence-electron chi connectivity index (χ4n) is 4.66. The maximum Gasteiger partial charge on any atom is 0.263 e. The molecule has 1 heterocycles. The normalized spacial score (nSPS) is 11.1. The van der Waals surface area contributed by atoms with Gasteiger partial charge in [0.25, 0.3) is 5.56 Å². The van der Waals surface area contributed by atoms with Crippen molar-refractivity contribution in [3.8, 4) is 5.69 Å². The monoisotopic (exact) mass is 438 g/mol. The molecule has 6 rings (SSSR count). The lowest BCUT2D eigenvalue weighted by Gasteiger charge is -2.26. The average molecular weight is 439 g/mol. The van der Waals surface area contributed by atoms with Crippen molar-refractivity contribution in [2.45, 2.75) is 0 Å². The van der Waals surface area contributed by atoms with Gasteiger partial charge in [-0.15, -0.1) is 0 Å². The Bertz CT molecular complexity index is 1630. The molecular formula is C31H22N2O. The van der Waals surface area contributed by atoms with Crippen molar-refractivity contribution < 1.29 is 0 Å². The van der Waals surface area contributed by atoms with E-state index in [0.717, 1.165) is 44.4 Å². The summed E-state index contributed by atoms with van der Waals surface area (Å²) >= 11 is 0. The van der Waals surface area contributed by atoms with Crippen LogP contribution in [0.4, 0.5) is 17.1 Å². The molecule has 0 amide bonds. The molecule has 0 N–H and O–H groups in total. The number of aromatic nitrogens is 1. The lowest BCUT2D eigenvalue weighted by Crippen LogP contribution is -2.19. The van der Waals surface area contributed by atoms with Gasteiger partial charge in [0.15, 0.2) is 0 Å².